The summed E-state index contributed by atoms with van der Waals surface area (Å²) in [6.07, 6.45) is 12.2. The Balaban J connectivity index is 1.10. The van der Waals surface area contributed by atoms with E-state index < -0.39 is 0 Å². The molecule has 3 aliphatic rings. The van der Waals surface area contributed by atoms with Gasteiger partial charge in [0.1, 0.15) is 5.82 Å². The molecule has 0 atom stereocenters. The summed E-state index contributed by atoms with van der Waals surface area (Å²) in [7, 11) is 0. The van der Waals surface area contributed by atoms with E-state index in [1.165, 1.54) is 50.7 Å². The van der Waals surface area contributed by atoms with Crippen LogP contribution in [0.25, 0.3) is 0 Å². The largest absolute Gasteiger partial charge is 0.353 e. The topological polar surface area (TPSA) is 49.4 Å². The van der Waals surface area contributed by atoms with Crippen LogP contribution in [0.2, 0.25) is 0 Å². The van der Waals surface area contributed by atoms with E-state index in [0.717, 1.165) is 57.7 Å². The Hall–Kier alpha value is -1.75. The first-order chi connectivity index (χ1) is 15.1. The number of ketones is 1. The van der Waals surface area contributed by atoms with Gasteiger partial charge >= 0.3 is 0 Å². The number of amides is 1. The summed E-state index contributed by atoms with van der Waals surface area (Å²) in [5.41, 5.74) is 0.636. The summed E-state index contributed by atoms with van der Waals surface area (Å²) in [4.78, 5) is 27.3. The first kappa shape index (κ1) is 22.4. The van der Waals surface area contributed by atoms with Crippen LogP contribution in [-0.4, -0.2) is 42.3 Å². The Morgan fingerprint density at radius 2 is 1.58 bits per heavy atom. The number of nitrogens with one attached hydrogen (secondary N) is 1. The molecule has 5 heteroatoms. The standard InChI is InChI=1S/C26H37FN2O2/c27-23-8-6-21(7-9-23)26(31)22-13-16-29(17-14-22)15-12-19-4-10-24(11-5-19)28-25(30)18-20-2-1-3-20/h6-9,19-20,22,24H,1-5,10-18H2,(H,28,30)/t19-,24-. The number of piperidine rings is 1. The van der Waals surface area contributed by atoms with Gasteiger partial charge in [-0.2, -0.15) is 0 Å². The Morgan fingerprint density at radius 3 is 2.19 bits per heavy atom. The number of halogens is 1. The fourth-order valence-corrected chi connectivity index (χ4v) is 5.47. The van der Waals surface area contributed by atoms with E-state index in [9.17, 15) is 14.0 Å². The molecule has 0 bridgehead atoms. The summed E-state index contributed by atoms with van der Waals surface area (Å²) >= 11 is 0. The molecule has 2 aliphatic carbocycles. The Bertz CT molecular complexity index is 730. The molecule has 1 amide bonds. The zero-order valence-corrected chi connectivity index (χ0v) is 18.7. The lowest BCUT2D eigenvalue weighted by molar-refractivity contribution is -0.123. The molecule has 0 spiro atoms. The molecule has 4 rings (SSSR count). The average molecular weight is 429 g/mol. The zero-order chi connectivity index (χ0) is 21.6. The van der Waals surface area contributed by atoms with Crippen molar-refractivity contribution in [3.63, 3.8) is 0 Å². The predicted octanol–water partition coefficient (Wildman–Crippen LogP) is 4.98. The average Bonchev–Trinajstić information content (AvgIpc) is 2.76. The molecule has 0 unspecified atom stereocenters. The van der Waals surface area contributed by atoms with Gasteiger partial charge in [-0.1, -0.05) is 6.42 Å². The van der Waals surface area contributed by atoms with E-state index in [0.29, 0.717) is 17.5 Å². The lowest BCUT2D eigenvalue weighted by Crippen LogP contribution is -2.40. The molecule has 1 N–H and O–H groups in total. The maximum atomic E-state index is 13.1. The van der Waals surface area contributed by atoms with Crippen molar-refractivity contribution in [3.8, 4) is 0 Å². The summed E-state index contributed by atoms with van der Waals surface area (Å²) in [5.74, 6) is 1.62. The van der Waals surface area contributed by atoms with Gasteiger partial charge in [-0.15, -0.1) is 0 Å². The molecule has 0 aromatic heterocycles. The number of nitrogens with zero attached hydrogens (tertiary/aromatic N) is 1. The third-order valence-electron chi connectivity index (χ3n) is 7.85. The van der Waals surface area contributed by atoms with Crippen LogP contribution in [0.15, 0.2) is 24.3 Å². The van der Waals surface area contributed by atoms with Crippen LogP contribution >= 0.6 is 0 Å². The van der Waals surface area contributed by atoms with Gasteiger partial charge in [0.25, 0.3) is 0 Å². The molecular weight excluding hydrogens is 391 g/mol. The molecular formula is C26H37FN2O2. The first-order valence-corrected chi connectivity index (χ1v) is 12.4. The van der Waals surface area contributed by atoms with Crippen LogP contribution in [0, 0.1) is 23.6 Å². The molecule has 1 aromatic carbocycles. The van der Waals surface area contributed by atoms with Gasteiger partial charge < -0.3 is 10.2 Å². The van der Waals surface area contributed by atoms with Crippen LogP contribution < -0.4 is 5.32 Å². The van der Waals surface area contributed by atoms with E-state index >= 15 is 0 Å². The molecule has 2 saturated carbocycles. The Morgan fingerprint density at radius 1 is 0.903 bits per heavy atom. The molecule has 4 nitrogen and oxygen atoms in total. The van der Waals surface area contributed by atoms with Crippen LogP contribution in [0.5, 0.6) is 0 Å². The lowest BCUT2D eigenvalue weighted by atomic mass is 9.82. The van der Waals surface area contributed by atoms with Gasteiger partial charge in [-0.05, 0) is 114 Å². The number of hydrogen-bond donors (Lipinski definition) is 1. The summed E-state index contributed by atoms with van der Waals surface area (Å²) < 4.78 is 13.1. The summed E-state index contributed by atoms with van der Waals surface area (Å²) in [6, 6.07) is 6.34. The second-order valence-electron chi connectivity index (χ2n) is 10.1. The Kier molecular flexibility index (Phi) is 7.76. The molecule has 170 valence electrons. The highest BCUT2D eigenvalue weighted by atomic mass is 19.1. The van der Waals surface area contributed by atoms with Crippen molar-refractivity contribution in [2.75, 3.05) is 19.6 Å². The van der Waals surface area contributed by atoms with Gasteiger partial charge in [0, 0.05) is 23.9 Å². The second-order valence-corrected chi connectivity index (χ2v) is 10.1. The molecule has 1 saturated heterocycles. The zero-order valence-electron chi connectivity index (χ0n) is 18.7. The minimum atomic E-state index is -0.295. The van der Waals surface area contributed by atoms with Crippen molar-refractivity contribution in [1.82, 2.24) is 10.2 Å². The monoisotopic (exact) mass is 428 g/mol. The minimum absolute atomic E-state index is 0.0701. The highest BCUT2D eigenvalue weighted by Gasteiger charge is 2.28. The van der Waals surface area contributed by atoms with Crippen molar-refractivity contribution in [1.29, 1.82) is 0 Å². The third-order valence-corrected chi connectivity index (χ3v) is 7.85. The molecule has 3 fully saturated rings. The normalized spacial score (nSPS) is 25.7. The lowest BCUT2D eigenvalue weighted by Gasteiger charge is -2.34. The highest BCUT2D eigenvalue weighted by molar-refractivity contribution is 5.97. The van der Waals surface area contributed by atoms with Gasteiger partial charge in [0.2, 0.25) is 5.91 Å². The van der Waals surface area contributed by atoms with Crippen LogP contribution in [0.3, 0.4) is 0 Å². The number of rotatable bonds is 8. The Labute approximate surface area is 186 Å². The van der Waals surface area contributed by atoms with Gasteiger partial charge in [-0.25, -0.2) is 4.39 Å². The van der Waals surface area contributed by atoms with Crippen molar-refractivity contribution in [3.05, 3.63) is 35.6 Å². The summed E-state index contributed by atoms with van der Waals surface area (Å²) in [5, 5.41) is 3.27. The van der Waals surface area contributed by atoms with E-state index in [4.69, 9.17) is 0 Å². The van der Waals surface area contributed by atoms with Crippen LogP contribution in [-0.2, 0) is 4.79 Å². The maximum absolute atomic E-state index is 13.1. The van der Waals surface area contributed by atoms with E-state index in [2.05, 4.69) is 10.2 Å². The fourth-order valence-electron chi connectivity index (χ4n) is 5.47. The number of Topliss-reactive ketones (excluding diaryl/α,β-unsaturated/α-hetero) is 1. The second kappa shape index (κ2) is 10.7. The van der Waals surface area contributed by atoms with E-state index in [-0.39, 0.29) is 23.4 Å². The number of hydrogen-bond acceptors (Lipinski definition) is 3. The maximum Gasteiger partial charge on any atom is 0.220 e. The van der Waals surface area contributed by atoms with Gasteiger partial charge in [0.05, 0.1) is 0 Å². The third kappa shape index (κ3) is 6.38. The highest BCUT2D eigenvalue weighted by Crippen LogP contribution is 2.31. The molecule has 1 aliphatic heterocycles. The quantitative estimate of drug-likeness (QED) is 0.595. The SMILES string of the molecule is O=C(CC1CCC1)N[C@H]1CC[C@H](CCN2CCC(C(=O)c3ccc(F)cc3)CC2)CC1. The van der Waals surface area contributed by atoms with Crippen molar-refractivity contribution < 1.29 is 14.0 Å². The predicted molar refractivity (Wildman–Crippen MR) is 120 cm³/mol. The van der Waals surface area contributed by atoms with Gasteiger partial charge in [0.15, 0.2) is 5.78 Å². The van der Waals surface area contributed by atoms with E-state index in [1.807, 2.05) is 0 Å². The first-order valence-electron chi connectivity index (χ1n) is 12.4. The van der Waals surface area contributed by atoms with Crippen molar-refractivity contribution in [2.45, 2.75) is 76.7 Å². The van der Waals surface area contributed by atoms with Gasteiger partial charge in [-0.3, -0.25) is 9.59 Å². The molecule has 0 radical (unpaired) electrons. The number of likely N-dealkylation sites (tertiary alicyclic amines) is 1. The minimum Gasteiger partial charge on any atom is -0.353 e. The smallest absolute Gasteiger partial charge is 0.220 e. The summed E-state index contributed by atoms with van der Waals surface area (Å²) in [6.45, 7) is 3.06. The molecule has 1 heterocycles. The molecule has 31 heavy (non-hydrogen) atoms. The number of benzene rings is 1. The fraction of sp³-hybridized carbons (Fsp3) is 0.692. The number of carbonyl (C=O) groups excluding carboxylic acids is 2. The van der Waals surface area contributed by atoms with Crippen LogP contribution in [0.1, 0.15) is 81.0 Å². The van der Waals surface area contributed by atoms with Crippen molar-refractivity contribution in [2.24, 2.45) is 17.8 Å². The van der Waals surface area contributed by atoms with Crippen molar-refractivity contribution >= 4 is 11.7 Å². The van der Waals surface area contributed by atoms with Crippen LogP contribution in [0.4, 0.5) is 4.39 Å². The van der Waals surface area contributed by atoms with E-state index in [1.54, 1.807) is 12.1 Å². The number of carbonyl (C=O) groups is 2. The molecule has 1 aromatic rings.